The maximum Gasteiger partial charge on any atom is 0.258 e. The minimum absolute atomic E-state index is 0. The van der Waals surface area contributed by atoms with Gasteiger partial charge < -0.3 is 20.5 Å². The lowest BCUT2D eigenvalue weighted by molar-refractivity contribution is 0.0529. The molecule has 0 aromatic heterocycles. The van der Waals surface area contributed by atoms with Gasteiger partial charge >= 0.3 is 0 Å². The number of nitrogens with zero attached hydrogens (tertiary/aromatic N) is 1. The van der Waals surface area contributed by atoms with Crippen LogP contribution in [0.3, 0.4) is 0 Å². The van der Waals surface area contributed by atoms with E-state index < -0.39 is 0 Å². The van der Waals surface area contributed by atoms with Gasteiger partial charge in [0.05, 0.1) is 12.7 Å². The van der Waals surface area contributed by atoms with E-state index in [2.05, 4.69) is 6.92 Å². The fourth-order valence-electron chi connectivity index (χ4n) is 2.83. The van der Waals surface area contributed by atoms with Crippen LogP contribution >= 0.6 is 12.4 Å². The summed E-state index contributed by atoms with van der Waals surface area (Å²) in [5.41, 5.74) is 6.09. The molecule has 1 fully saturated rings. The van der Waals surface area contributed by atoms with Gasteiger partial charge in [-0.2, -0.15) is 0 Å². The zero-order chi connectivity index (χ0) is 14.7. The molecule has 3 N–H and O–H groups in total. The predicted octanol–water partition coefficient (Wildman–Crippen LogP) is 2.02. The molecule has 118 valence electrons. The molecule has 0 spiro atoms. The standard InChI is InChI=1S/C15H22N2O3.ClH/c1-10-4-3-7-17(13(10)9-16)15(19)12-8-11(20-2)5-6-14(12)18;/h5-6,8,10,13,18H,3-4,7,9,16H2,1-2H3;1H. The zero-order valence-electron chi connectivity index (χ0n) is 12.4. The van der Waals surface area contributed by atoms with E-state index in [1.807, 2.05) is 0 Å². The largest absolute Gasteiger partial charge is 0.507 e. The summed E-state index contributed by atoms with van der Waals surface area (Å²) in [5.74, 6) is 0.735. The maximum atomic E-state index is 12.7. The average Bonchev–Trinajstić information content (AvgIpc) is 2.46. The number of rotatable bonds is 3. The highest BCUT2D eigenvalue weighted by atomic mass is 35.5. The number of likely N-dealkylation sites (tertiary alicyclic amines) is 1. The van der Waals surface area contributed by atoms with E-state index in [1.54, 1.807) is 17.0 Å². The Morgan fingerprint density at radius 2 is 2.24 bits per heavy atom. The minimum atomic E-state index is -0.177. The number of piperidine rings is 1. The van der Waals surface area contributed by atoms with Gasteiger partial charge in [-0.1, -0.05) is 6.92 Å². The second-order valence-electron chi connectivity index (χ2n) is 5.30. The zero-order valence-corrected chi connectivity index (χ0v) is 13.2. The number of phenols is 1. The van der Waals surface area contributed by atoms with Crippen LogP contribution in [0.2, 0.25) is 0 Å². The first-order chi connectivity index (χ1) is 9.58. The number of phenolic OH excluding ortho intramolecular Hbond substituents is 1. The average molecular weight is 315 g/mol. The molecular formula is C15H23ClN2O3. The normalized spacial score (nSPS) is 21.6. The molecule has 1 aliphatic rings. The highest BCUT2D eigenvalue weighted by molar-refractivity contribution is 5.97. The fraction of sp³-hybridized carbons (Fsp3) is 0.533. The summed E-state index contributed by atoms with van der Waals surface area (Å²) in [4.78, 5) is 14.4. The monoisotopic (exact) mass is 314 g/mol. The second kappa shape index (κ2) is 7.52. The molecule has 2 rings (SSSR count). The molecule has 1 amide bonds. The lowest BCUT2D eigenvalue weighted by Gasteiger charge is -2.39. The van der Waals surface area contributed by atoms with E-state index in [-0.39, 0.29) is 35.7 Å². The molecule has 2 unspecified atom stereocenters. The van der Waals surface area contributed by atoms with Crippen molar-refractivity contribution in [1.29, 1.82) is 0 Å². The number of hydrogen-bond acceptors (Lipinski definition) is 4. The van der Waals surface area contributed by atoms with Crippen LogP contribution in [0.4, 0.5) is 0 Å². The van der Waals surface area contributed by atoms with Gasteiger partial charge in [-0.3, -0.25) is 4.79 Å². The first-order valence-electron chi connectivity index (χ1n) is 6.96. The van der Waals surface area contributed by atoms with Crippen molar-refractivity contribution in [2.45, 2.75) is 25.8 Å². The smallest absolute Gasteiger partial charge is 0.258 e. The lowest BCUT2D eigenvalue weighted by Crippen LogP contribution is -2.51. The number of hydrogen-bond donors (Lipinski definition) is 2. The number of nitrogens with two attached hydrogens (primary N) is 1. The van der Waals surface area contributed by atoms with Gasteiger partial charge in [0.25, 0.3) is 5.91 Å². The minimum Gasteiger partial charge on any atom is -0.507 e. The molecule has 5 nitrogen and oxygen atoms in total. The number of aromatic hydroxyl groups is 1. The third-order valence-electron chi connectivity index (χ3n) is 4.05. The molecular weight excluding hydrogens is 292 g/mol. The highest BCUT2D eigenvalue weighted by Gasteiger charge is 2.32. The Bertz CT molecular complexity index is 496. The van der Waals surface area contributed by atoms with Gasteiger partial charge in [-0.25, -0.2) is 0 Å². The van der Waals surface area contributed by atoms with Crippen molar-refractivity contribution in [3.05, 3.63) is 23.8 Å². The Morgan fingerprint density at radius 3 is 2.86 bits per heavy atom. The number of carbonyl (C=O) groups is 1. The van der Waals surface area contributed by atoms with Crippen LogP contribution in [0.15, 0.2) is 18.2 Å². The fourth-order valence-corrected chi connectivity index (χ4v) is 2.83. The van der Waals surface area contributed by atoms with Gasteiger partial charge in [0.15, 0.2) is 0 Å². The highest BCUT2D eigenvalue weighted by Crippen LogP contribution is 2.29. The molecule has 0 aliphatic carbocycles. The van der Waals surface area contributed by atoms with Crippen LogP contribution in [0, 0.1) is 5.92 Å². The van der Waals surface area contributed by atoms with Crippen molar-refractivity contribution in [3.63, 3.8) is 0 Å². The summed E-state index contributed by atoms with van der Waals surface area (Å²) < 4.78 is 5.12. The van der Waals surface area contributed by atoms with E-state index >= 15 is 0 Å². The van der Waals surface area contributed by atoms with Crippen LogP contribution in [0.5, 0.6) is 11.5 Å². The van der Waals surface area contributed by atoms with Gasteiger partial charge in [-0.15, -0.1) is 12.4 Å². The second-order valence-corrected chi connectivity index (χ2v) is 5.30. The molecule has 1 aliphatic heterocycles. The van der Waals surface area contributed by atoms with E-state index in [0.717, 1.165) is 12.8 Å². The Hall–Kier alpha value is -1.46. The van der Waals surface area contributed by atoms with Gasteiger partial charge in [0.2, 0.25) is 0 Å². The van der Waals surface area contributed by atoms with Crippen LogP contribution in [0.25, 0.3) is 0 Å². The third kappa shape index (κ3) is 3.60. The van der Waals surface area contributed by atoms with Crippen molar-refractivity contribution in [2.75, 3.05) is 20.2 Å². The van der Waals surface area contributed by atoms with Crippen molar-refractivity contribution in [1.82, 2.24) is 4.90 Å². The topological polar surface area (TPSA) is 75.8 Å². The van der Waals surface area contributed by atoms with Crippen molar-refractivity contribution in [3.8, 4) is 11.5 Å². The molecule has 2 atom stereocenters. The van der Waals surface area contributed by atoms with Crippen LogP contribution in [0.1, 0.15) is 30.1 Å². The number of methoxy groups -OCH3 is 1. The molecule has 1 heterocycles. The Balaban J connectivity index is 0.00000220. The molecule has 0 bridgehead atoms. The Labute approximate surface area is 131 Å². The van der Waals surface area contributed by atoms with Gasteiger partial charge in [0, 0.05) is 19.1 Å². The van der Waals surface area contributed by atoms with Crippen LogP contribution in [-0.2, 0) is 0 Å². The molecule has 21 heavy (non-hydrogen) atoms. The first-order valence-corrected chi connectivity index (χ1v) is 6.96. The van der Waals surface area contributed by atoms with Crippen LogP contribution in [-0.4, -0.2) is 42.2 Å². The van der Waals surface area contributed by atoms with Crippen molar-refractivity contribution >= 4 is 18.3 Å². The number of benzene rings is 1. The van der Waals surface area contributed by atoms with Gasteiger partial charge in [0.1, 0.15) is 11.5 Å². The molecule has 1 saturated heterocycles. The Kier molecular flexibility index (Phi) is 6.30. The number of ether oxygens (including phenoxy) is 1. The van der Waals surface area contributed by atoms with Crippen molar-refractivity contribution < 1.29 is 14.6 Å². The quantitative estimate of drug-likeness (QED) is 0.895. The van der Waals surface area contributed by atoms with Gasteiger partial charge in [-0.05, 0) is 37.0 Å². The summed E-state index contributed by atoms with van der Waals surface area (Å²) >= 11 is 0. The van der Waals surface area contributed by atoms with Crippen molar-refractivity contribution in [2.24, 2.45) is 11.7 Å². The predicted molar refractivity (Wildman–Crippen MR) is 84.2 cm³/mol. The van der Waals surface area contributed by atoms with E-state index in [1.165, 1.54) is 13.2 Å². The molecule has 0 radical (unpaired) electrons. The van der Waals surface area contributed by atoms with E-state index in [4.69, 9.17) is 10.5 Å². The SMILES string of the molecule is COc1ccc(O)c(C(=O)N2CCCC(C)C2CN)c1.Cl. The summed E-state index contributed by atoms with van der Waals surface area (Å²) in [7, 11) is 1.53. The number of carbonyl (C=O) groups excluding carboxylic acids is 1. The molecule has 1 aromatic rings. The van der Waals surface area contributed by atoms with E-state index in [0.29, 0.717) is 24.8 Å². The summed E-state index contributed by atoms with van der Waals surface area (Å²) in [6, 6.07) is 4.72. The summed E-state index contributed by atoms with van der Waals surface area (Å²) in [6.45, 7) is 3.24. The number of amides is 1. The first kappa shape index (κ1) is 17.6. The van der Waals surface area contributed by atoms with Crippen LogP contribution < -0.4 is 10.5 Å². The summed E-state index contributed by atoms with van der Waals surface area (Å²) in [6.07, 6.45) is 2.05. The Morgan fingerprint density at radius 1 is 1.52 bits per heavy atom. The number of halogens is 1. The summed E-state index contributed by atoms with van der Waals surface area (Å²) in [5, 5.41) is 9.92. The maximum absolute atomic E-state index is 12.7. The van der Waals surface area contributed by atoms with E-state index in [9.17, 15) is 9.90 Å². The third-order valence-corrected chi connectivity index (χ3v) is 4.05. The molecule has 6 heteroatoms. The molecule has 0 saturated carbocycles. The lowest BCUT2D eigenvalue weighted by atomic mass is 9.90. The molecule has 1 aromatic carbocycles.